The van der Waals surface area contributed by atoms with Crippen LogP contribution in [0, 0.1) is 5.92 Å². The SMILES string of the molecule is O=C(CCc1ccccc1OC(F)(F)F)N[C@@H]1CC(Cn2ccnc2)C[C@H]1O. The number of amides is 1. The number of para-hydroxylation sites is 1. The smallest absolute Gasteiger partial charge is 0.406 e. The molecule has 1 saturated carbocycles. The van der Waals surface area contributed by atoms with Crippen molar-refractivity contribution in [2.45, 2.75) is 50.7 Å². The number of benzene rings is 1. The van der Waals surface area contributed by atoms with Crippen LogP contribution in [0.15, 0.2) is 43.0 Å². The Morgan fingerprint density at radius 2 is 2.11 bits per heavy atom. The Bertz CT molecular complexity index is 780. The molecular formula is C19H22F3N3O3. The number of hydrogen-bond donors (Lipinski definition) is 2. The van der Waals surface area contributed by atoms with E-state index >= 15 is 0 Å². The maximum Gasteiger partial charge on any atom is 0.573 e. The number of alkyl halides is 3. The Hall–Kier alpha value is -2.55. The Morgan fingerprint density at radius 3 is 2.82 bits per heavy atom. The number of nitrogens with one attached hydrogen (secondary N) is 1. The van der Waals surface area contributed by atoms with E-state index in [1.807, 2.05) is 10.8 Å². The van der Waals surface area contributed by atoms with Gasteiger partial charge in [0.1, 0.15) is 5.75 Å². The van der Waals surface area contributed by atoms with Crippen molar-refractivity contribution in [3.8, 4) is 5.75 Å². The van der Waals surface area contributed by atoms with Gasteiger partial charge in [0.05, 0.1) is 18.5 Å². The molecule has 1 unspecified atom stereocenters. The number of aryl methyl sites for hydroxylation is 1. The van der Waals surface area contributed by atoms with E-state index in [1.54, 1.807) is 18.6 Å². The third kappa shape index (κ3) is 5.72. The maximum atomic E-state index is 12.5. The third-order valence-corrected chi connectivity index (χ3v) is 4.82. The Morgan fingerprint density at radius 1 is 1.32 bits per heavy atom. The maximum absolute atomic E-state index is 12.5. The first-order chi connectivity index (χ1) is 13.3. The van der Waals surface area contributed by atoms with Crippen molar-refractivity contribution in [3.05, 3.63) is 48.5 Å². The quantitative estimate of drug-likeness (QED) is 0.753. The number of aliphatic hydroxyl groups is 1. The minimum absolute atomic E-state index is 0.00758. The summed E-state index contributed by atoms with van der Waals surface area (Å²) in [6.07, 6.45) is 1.15. The minimum Gasteiger partial charge on any atom is -0.406 e. The average Bonchev–Trinajstić information content (AvgIpc) is 3.23. The van der Waals surface area contributed by atoms with Gasteiger partial charge in [-0.15, -0.1) is 13.2 Å². The van der Waals surface area contributed by atoms with Crippen LogP contribution in [0.25, 0.3) is 0 Å². The number of imidazole rings is 1. The number of halogens is 3. The number of nitrogens with zero attached hydrogens (tertiary/aromatic N) is 2. The number of aliphatic hydroxyl groups excluding tert-OH is 1. The Balaban J connectivity index is 1.50. The van der Waals surface area contributed by atoms with Gasteiger partial charge in [-0.2, -0.15) is 0 Å². The van der Waals surface area contributed by atoms with Crippen LogP contribution >= 0.6 is 0 Å². The van der Waals surface area contributed by atoms with Gasteiger partial charge in [-0.1, -0.05) is 18.2 Å². The molecule has 0 aliphatic heterocycles. The van der Waals surface area contributed by atoms with Gasteiger partial charge in [-0.3, -0.25) is 4.79 Å². The second-order valence-corrected chi connectivity index (χ2v) is 6.99. The molecule has 0 bridgehead atoms. The monoisotopic (exact) mass is 397 g/mol. The summed E-state index contributed by atoms with van der Waals surface area (Å²) in [5.41, 5.74) is 0.305. The summed E-state index contributed by atoms with van der Waals surface area (Å²) >= 11 is 0. The zero-order valence-corrected chi connectivity index (χ0v) is 15.1. The number of carbonyl (C=O) groups excluding carboxylic acids is 1. The molecule has 6 nitrogen and oxygen atoms in total. The zero-order valence-electron chi connectivity index (χ0n) is 15.1. The first-order valence-electron chi connectivity index (χ1n) is 9.07. The summed E-state index contributed by atoms with van der Waals surface area (Å²) in [5, 5.41) is 13.0. The van der Waals surface area contributed by atoms with Crippen LogP contribution in [0.5, 0.6) is 5.75 Å². The predicted octanol–water partition coefficient (Wildman–Crippen LogP) is 2.67. The summed E-state index contributed by atoms with van der Waals surface area (Å²) < 4.78 is 43.3. The second kappa shape index (κ2) is 8.64. The van der Waals surface area contributed by atoms with Gasteiger partial charge >= 0.3 is 6.36 Å². The van der Waals surface area contributed by atoms with Gasteiger partial charge in [-0.05, 0) is 36.8 Å². The molecule has 0 saturated heterocycles. The van der Waals surface area contributed by atoms with Crippen LogP contribution < -0.4 is 10.1 Å². The molecule has 1 aliphatic carbocycles. The second-order valence-electron chi connectivity index (χ2n) is 6.99. The van der Waals surface area contributed by atoms with E-state index in [0.29, 0.717) is 24.9 Å². The van der Waals surface area contributed by atoms with Crippen molar-refractivity contribution >= 4 is 5.91 Å². The van der Waals surface area contributed by atoms with Gasteiger partial charge in [0.25, 0.3) is 0 Å². The fourth-order valence-electron chi connectivity index (χ4n) is 3.58. The topological polar surface area (TPSA) is 76.4 Å². The zero-order chi connectivity index (χ0) is 20.1. The van der Waals surface area contributed by atoms with Crippen LogP contribution in [0.1, 0.15) is 24.8 Å². The first-order valence-corrected chi connectivity index (χ1v) is 9.07. The van der Waals surface area contributed by atoms with E-state index in [0.717, 1.165) is 0 Å². The normalized spacial score (nSPS) is 22.2. The number of hydrogen-bond acceptors (Lipinski definition) is 4. The standard InChI is InChI=1S/C19H22F3N3O3/c20-19(21,22)28-17-4-2-1-3-14(17)5-6-18(27)24-15-9-13(10-16(15)26)11-25-8-7-23-12-25/h1-4,7-8,12-13,15-16,26H,5-6,9-11H2,(H,24,27)/t13?,15-,16-/m1/s1. The number of aromatic nitrogens is 2. The lowest BCUT2D eigenvalue weighted by molar-refractivity contribution is -0.274. The lowest BCUT2D eigenvalue weighted by atomic mass is 10.1. The highest BCUT2D eigenvalue weighted by Crippen LogP contribution is 2.29. The van der Waals surface area contributed by atoms with E-state index in [4.69, 9.17) is 0 Å². The summed E-state index contributed by atoms with van der Waals surface area (Å²) in [5.74, 6) is -0.395. The van der Waals surface area contributed by atoms with E-state index < -0.39 is 12.5 Å². The molecule has 0 radical (unpaired) electrons. The molecule has 9 heteroatoms. The summed E-state index contributed by atoms with van der Waals surface area (Å²) in [6, 6.07) is 5.41. The highest BCUT2D eigenvalue weighted by Gasteiger charge is 2.34. The van der Waals surface area contributed by atoms with Crippen LogP contribution in [0.4, 0.5) is 13.2 Å². The van der Waals surface area contributed by atoms with Gasteiger partial charge < -0.3 is 19.7 Å². The highest BCUT2D eigenvalue weighted by molar-refractivity contribution is 5.76. The summed E-state index contributed by atoms with van der Waals surface area (Å²) in [6.45, 7) is 0.714. The van der Waals surface area contributed by atoms with E-state index in [2.05, 4.69) is 15.0 Å². The van der Waals surface area contributed by atoms with Crippen molar-refractivity contribution in [3.63, 3.8) is 0 Å². The molecule has 1 aromatic heterocycles. The number of ether oxygens (including phenoxy) is 1. The lowest BCUT2D eigenvalue weighted by Gasteiger charge is -2.17. The molecule has 1 amide bonds. The average molecular weight is 397 g/mol. The van der Waals surface area contributed by atoms with Gasteiger partial charge in [-0.25, -0.2) is 4.98 Å². The molecule has 152 valence electrons. The van der Waals surface area contributed by atoms with Gasteiger partial charge in [0.15, 0.2) is 0 Å². The molecule has 28 heavy (non-hydrogen) atoms. The molecule has 2 aromatic rings. The van der Waals surface area contributed by atoms with Crippen molar-refractivity contribution in [1.82, 2.24) is 14.9 Å². The Labute approximate surface area is 160 Å². The van der Waals surface area contributed by atoms with Crippen molar-refractivity contribution in [2.24, 2.45) is 5.92 Å². The third-order valence-electron chi connectivity index (χ3n) is 4.82. The molecule has 3 atom stereocenters. The minimum atomic E-state index is -4.78. The molecule has 2 N–H and O–H groups in total. The molecule has 1 heterocycles. The lowest BCUT2D eigenvalue weighted by Crippen LogP contribution is -2.40. The van der Waals surface area contributed by atoms with E-state index in [1.165, 1.54) is 18.2 Å². The van der Waals surface area contributed by atoms with Crippen molar-refractivity contribution in [1.29, 1.82) is 0 Å². The predicted molar refractivity (Wildman–Crippen MR) is 94.3 cm³/mol. The molecule has 1 fully saturated rings. The van der Waals surface area contributed by atoms with Gasteiger partial charge in [0, 0.05) is 25.4 Å². The number of rotatable bonds is 7. The van der Waals surface area contributed by atoms with Crippen LogP contribution in [0.3, 0.4) is 0 Å². The van der Waals surface area contributed by atoms with E-state index in [-0.39, 0.29) is 36.5 Å². The fourth-order valence-corrected chi connectivity index (χ4v) is 3.58. The molecule has 3 rings (SSSR count). The molecule has 0 spiro atoms. The van der Waals surface area contributed by atoms with Gasteiger partial charge in [0.2, 0.25) is 5.91 Å². The van der Waals surface area contributed by atoms with Crippen molar-refractivity contribution in [2.75, 3.05) is 0 Å². The molecular weight excluding hydrogens is 375 g/mol. The van der Waals surface area contributed by atoms with E-state index in [9.17, 15) is 23.1 Å². The van der Waals surface area contributed by atoms with Crippen molar-refractivity contribution < 1.29 is 27.8 Å². The summed E-state index contributed by atoms with van der Waals surface area (Å²) in [7, 11) is 0. The van der Waals surface area contributed by atoms with Crippen LogP contribution in [-0.2, 0) is 17.8 Å². The summed E-state index contributed by atoms with van der Waals surface area (Å²) in [4.78, 5) is 16.2. The highest BCUT2D eigenvalue weighted by atomic mass is 19.4. The van der Waals surface area contributed by atoms with Crippen LogP contribution in [0.2, 0.25) is 0 Å². The largest absolute Gasteiger partial charge is 0.573 e. The number of carbonyl (C=O) groups is 1. The van der Waals surface area contributed by atoms with Crippen LogP contribution in [-0.4, -0.2) is 39.1 Å². The first kappa shape index (κ1) is 20.2. The Kier molecular flexibility index (Phi) is 6.23. The fraction of sp³-hybridized carbons (Fsp3) is 0.474. The molecule has 1 aliphatic rings. The molecule has 1 aromatic carbocycles.